The minimum absolute atomic E-state index is 0.343. The van der Waals surface area contributed by atoms with E-state index >= 15 is 0 Å². The van der Waals surface area contributed by atoms with Gasteiger partial charge in [0, 0.05) is 0 Å². The molecule has 0 N–H and O–H groups in total. The molecule has 0 aliphatic heterocycles. The molecule has 1 aromatic rings. The highest BCUT2D eigenvalue weighted by molar-refractivity contribution is 5.52. The first-order valence-corrected chi connectivity index (χ1v) is 7.01. The Kier molecular flexibility index (Phi) is 6.74. The smallest absolute Gasteiger partial charge is 0.0726 e. The van der Waals surface area contributed by atoms with Crippen molar-refractivity contribution in [1.29, 1.82) is 0 Å². The van der Waals surface area contributed by atoms with Gasteiger partial charge in [-0.2, -0.15) is 0 Å². The highest BCUT2D eigenvalue weighted by atomic mass is 16.5. The summed E-state index contributed by atoms with van der Waals surface area (Å²) >= 11 is 0. The van der Waals surface area contributed by atoms with E-state index in [4.69, 9.17) is 4.74 Å². The van der Waals surface area contributed by atoms with Crippen LogP contribution in [0.1, 0.15) is 56.2 Å². The predicted molar refractivity (Wildman–Crippen MR) is 79.7 cm³/mol. The topological polar surface area (TPSA) is 9.23 Å². The Hall–Kier alpha value is -1.08. The van der Waals surface area contributed by atoms with Gasteiger partial charge >= 0.3 is 0 Å². The van der Waals surface area contributed by atoms with Crippen molar-refractivity contribution in [3.8, 4) is 0 Å². The van der Waals surface area contributed by atoms with Crippen molar-refractivity contribution >= 4 is 6.08 Å². The van der Waals surface area contributed by atoms with Crippen LogP contribution >= 0.6 is 0 Å². The molecule has 0 amide bonds. The van der Waals surface area contributed by atoms with Gasteiger partial charge in [0.15, 0.2) is 0 Å². The molecule has 18 heavy (non-hydrogen) atoms. The number of benzene rings is 1. The molecule has 0 aliphatic carbocycles. The zero-order valence-electron chi connectivity index (χ0n) is 12.0. The molecule has 1 atom stereocenters. The monoisotopic (exact) mass is 246 g/mol. The first kappa shape index (κ1) is 15.0. The number of rotatable bonds is 8. The van der Waals surface area contributed by atoms with Gasteiger partial charge in [-0.25, -0.2) is 0 Å². The standard InChI is InChI=1S/C17H26O/c1-5-7-8-9-15(4)18-13-17-11-10-14(3)12-16(17)6-2/h6,10-12,15H,2,5,7-9,13H2,1,3-4H3. The van der Waals surface area contributed by atoms with Crippen LogP contribution < -0.4 is 0 Å². The van der Waals surface area contributed by atoms with E-state index in [1.807, 2.05) is 6.08 Å². The van der Waals surface area contributed by atoms with E-state index in [1.54, 1.807) is 0 Å². The van der Waals surface area contributed by atoms with Gasteiger partial charge in [0.1, 0.15) is 0 Å². The summed E-state index contributed by atoms with van der Waals surface area (Å²) < 4.78 is 5.91. The van der Waals surface area contributed by atoms with E-state index in [2.05, 4.69) is 45.5 Å². The third kappa shape index (κ3) is 5.05. The van der Waals surface area contributed by atoms with Crippen molar-refractivity contribution in [2.24, 2.45) is 0 Å². The molecule has 0 spiro atoms. The number of hydrogen-bond acceptors (Lipinski definition) is 1. The van der Waals surface area contributed by atoms with Crippen LogP contribution in [0, 0.1) is 6.92 Å². The number of unbranched alkanes of at least 4 members (excludes halogenated alkanes) is 2. The molecule has 0 radical (unpaired) electrons. The molecule has 0 saturated carbocycles. The number of aryl methyl sites for hydroxylation is 1. The Balaban J connectivity index is 2.45. The Morgan fingerprint density at radius 2 is 2.11 bits per heavy atom. The summed E-state index contributed by atoms with van der Waals surface area (Å²) in [5.74, 6) is 0. The fourth-order valence-corrected chi connectivity index (χ4v) is 2.03. The third-order valence-electron chi connectivity index (χ3n) is 3.26. The first-order chi connectivity index (χ1) is 8.67. The van der Waals surface area contributed by atoms with Gasteiger partial charge in [-0.1, -0.05) is 62.6 Å². The average Bonchev–Trinajstić information content (AvgIpc) is 2.37. The number of hydrogen-bond donors (Lipinski definition) is 0. The van der Waals surface area contributed by atoms with Crippen LogP contribution in [-0.4, -0.2) is 6.10 Å². The molecule has 0 aliphatic rings. The summed E-state index contributed by atoms with van der Waals surface area (Å²) in [5, 5.41) is 0. The maximum atomic E-state index is 5.91. The quantitative estimate of drug-likeness (QED) is 0.578. The van der Waals surface area contributed by atoms with Crippen molar-refractivity contribution in [2.75, 3.05) is 0 Å². The lowest BCUT2D eigenvalue weighted by atomic mass is 10.1. The normalized spacial score (nSPS) is 12.4. The second-order valence-electron chi connectivity index (χ2n) is 5.02. The van der Waals surface area contributed by atoms with Crippen LogP contribution in [0.4, 0.5) is 0 Å². The van der Waals surface area contributed by atoms with Gasteiger partial charge in [-0.05, 0) is 31.4 Å². The van der Waals surface area contributed by atoms with E-state index < -0.39 is 0 Å². The van der Waals surface area contributed by atoms with Gasteiger partial charge in [0.25, 0.3) is 0 Å². The van der Waals surface area contributed by atoms with Crippen molar-refractivity contribution in [3.05, 3.63) is 41.5 Å². The molecule has 1 unspecified atom stereocenters. The van der Waals surface area contributed by atoms with Crippen molar-refractivity contribution in [3.63, 3.8) is 0 Å². The second-order valence-corrected chi connectivity index (χ2v) is 5.02. The SMILES string of the molecule is C=Cc1cc(C)ccc1COC(C)CCCCC. The molecule has 0 heterocycles. The van der Waals surface area contributed by atoms with Crippen molar-refractivity contribution < 1.29 is 4.74 Å². The van der Waals surface area contributed by atoms with E-state index in [-0.39, 0.29) is 0 Å². The van der Waals surface area contributed by atoms with Crippen molar-refractivity contribution in [2.45, 2.75) is 59.2 Å². The maximum absolute atomic E-state index is 5.91. The van der Waals surface area contributed by atoms with Crippen LogP contribution in [0.3, 0.4) is 0 Å². The molecule has 0 saturated heterocycles. The Bertz CT molecular complexity index is 368. The molecule has 1 rings (SSSR count). The van der Waals surface area contributed by atoms with Gasteiger partial charge in [0.05, 0.1) is 12.7 Å². The summed E-state index contributed by atoms with van der Waals surface area (Å²) in [4.78, 5) is 0. The van der Waals surface area contributed by atoms with Crippen LogP contribution in [0.5, 0.6) is 0 Å². The summed E-state index contributed by atoms with van der Waals surface area (Å²) in [7, 11) is 0. The lowest BCUT2D eigenvalue weighted by molar-refractivity contribution is 0.0459. The van der Waals surface area contributed by atoms with E-state index in [9.17, 15) is 0 Å². The summed E-state index contributed by atoms with van der Waals surface area (Å²) in [6.45, 7) is 11.1. The summed E-state index contributed by atoms with van der Waals surface area (Å²) in [5.41, 5.74) is 3.69. The largest absolute Gasteiger partial charge is 0.374 e. The van der Waals surface area contributed by atoms with Crippen LogP contribution in [0.25, 0.3) is 6.08 Å². The first-order valence-electron chi connectivity index (χ1n) is 7.01. The molecule has 0 aromatic heterocycles. The summed E-state index contributed by atoms with van der Waals surface area (Å²) in [6.07, 6.45) is 7.24. The van der Waals surface area contributed by atoms with Crippen molar-refractivity contribution in [1.82, 2.24) is 0 Å². The highest BCUT2D eigenvalue weighted by Crippen LogP contribution is 2.16. The fraction of sp³-hybridized carbons (Fsp3) is 0.529. The maximum Gasteiger partial charge on any atom is 0.0726 e. The minimum Gasteiger partial charge on any atom is -0.374 e. The third-order valence-corrected chi connectivity index (χ3v) is 3.26. The van der Waals surface area contributed by atoms with E-state index in [1.165, 1.54) is 36.0 Å². The fourth-order valence-electron chi connectivity index (χ4n) is 2.03. The Labute approximate surface area is 112 Å². The lowest BCUT2D eigenvalue weighted by Gasteiger charge is -2.14. The summed E-state index contributed by atoms with van der Waals surface area (Å²) in [6, 6.07) is 6.44. The van der Waals surface area contributed by atoms with Gasteiger partial charge in [-0.15, -0.1) is 0 Å². The number of ether oxygens (including phenoxy) is 1. The predicted octanol–water partition coefficient (Wildman–Crippen LogP) is 5.12. The zero-order valence-corrected chi connectivity index (χ0v) is 12.0. The van der Waals surface area contributed by atoms with Crippen LogP contribution in [0.2, 0.25) is 0 Å². The molecule has 0 fully saturated rings. The molecular weight excluding hydrogens is 220 g/mol. The molecular formula is C17H26O. The van der Waals surface area contributed by atoms with Gasteiger partial charge in [0.2, 0.25) is 0 Å². The van der Waals surface area contributed by atoms with Crippen LogP contribution in [-0.2, 0) is 11.3 Å². The second kappa shape index (κ2) is 8.10. The highest BCUT2D eigenvalue weighted by Gasteiger charge is 2.05. The minimum atomic E-state index is 0.343. The molecule has 0 bridgehead atoms. The molecule has 1 nitrogen and oxygen atoms in total. The van der Waals surface area contributed by atoms with Gasteiger partial charge < -0.3 is 4.74 Å². The van der Waals surface area contributed by atoms with E-state index in [0.29, 0.717) is 12.7 Å². The van der Waals surface area contributed by atoms with Gasteiger partial charge in [-0.3, -0.25) is 0 Å². The molecule has 100 valence electrons. The Morgan fingerprint density at radius 3 is 2.78 bits per heavy atom. The zero-order chi connectivity index (χ0) is 13.4. The van der Waals surface area contributed by atoms with Crippen LogP contribution in [0.15, 0.2) is 24.8 Å². The average molecular weight is 246 g/mol. The Morgan fingerprint density at radius 1 is 1.33 bits per heavy atom. The molecule has 1 heteroatoms. The lowest BCUT2D eigenvalue weighted by Crippen LogP contribution is -2.08. The van der Waals surface area contributed by atoms with E-state index in [0.717, 1.165) is 6.42 Å². The molecule has 1 aromatic carbocycles.